The highest BCUT2D eigenvalue weighted by Crippen LogP contribution is 2.55. The largest absolute Gasteiger partial charge is 0.316 e. The van der Waals surface area contributed by atoms with Crippen molar-refractivity contribution in [2.24, 2.45) is 11.8 Å². The highest BCUT2D eigenvalue weighted by atomic mass is 15.0. The molecule has 62 valence electrons. The lowest BCUT2D eigenvalue weighted by atomic mass is 10.1. The van der Waals surface area contributed by atoms with Gasteiger partial charge in [0.25, 0.3) is 0 Å². The number of pyridine rings is 1. The Hall–Kier alpha value is -0.890. The maximum Gasteiger partial charge on any atom is 0.0270 e. The number of aromatic nitrogens is 1. The van der Waals surface area contributed by atoms with Crippen LogP contribution in [-0.4, -0.2) is 18.1 Å². The Kier molecular flexibility index (Phi) is 1.27. The molecule has 2 atom stereocenters. The van der Waals surface area contributed by atoms with Crippen molar-refractivity contribution in [2.75, 3.05) is 13.1 Å². The van der Waals surface area contributed by atoms with Gasteiger partial charge in [0.05, 0.1) is 0 Å². The fourth-order valence-electron chi connectivity index (χ4n) is 2.50. The summed E-state index contributed by atoms with van der Waals surface area (Å²) in [7, 11) is 0. The van der Waals surface area contributed by atoms with Crippen LogP contribution in [0.1, 0.15) is 11.5 Å². The van der Waals surface area contributed by atoms with Crippen LogP contribution in [0.5, 0.6) is 0 Å². The summed E-state index contributed by atoms with van der Waals surface area (Å²) in [6.07, 6.45) is 3.80. The quantitative estimate of drug-likeness (QED) is 0.663. The second-order valence-corrected chi connectivity index (χ2v) is 3.79. The van der Waals surface area contributed by atoms with E-state index in [1.165, 1.54) is 18.7 Å². The Bertz CT molecular complexity index is 273. The zero-order valence-electron chi connectivity index (χ0n) is 6.90. The van der Waals surface area contributed by atoms with E-state index < -0.39 is 0 Å². The average Bonchev–Trinajstić information content (AvgIpc) is 2.62. The Balaban J connectivity index is 1.85. The smallest absolute Gasteiger partial charge is 0.0270 e. The van der Waals surface area contributed by atoms with Crippen LogP contribution in [-0.2, 0) is 0 Å². The van der Waals surface area contributed by atoms with Gasteiger partial charge < -0.3 is 5.32 Å². The minimum absolute atomic E-state index is 0.842. The molecule has 0 aromatic carbocycles. The third kappa shape index (κ3) is 0.815. The second kappa shape index (κ2) is 2.30. The molecule has 1 saturated carbocycles. The molecule has 0 amide bonds. The standard InChI is InChI=1S/C10H12N2/c1-3-11-4-2-7(1)10-8-5-12-6-9(8)10/h1-4,8-10,12H,5-6H2. The normalized spacial score (nSPS) is 37.8. The van der Waals surface area contributed by atoms with E-state index in [9.17, 15) is 0 Å². The molecule has 2 unspecified atom stereocenters. The second-order valence-electron chi connectivity index (χ2n) is 3.79. The number of nitrogens with zero attached hydrogens (tertiary/aromatic N) is 1. The average molecular weight is 160 g/mol. The summed E-state index contributed by atoms with van der Waals surface area (Å²) in [6, 6.07) is 4.31. The van der Waals surface area contributed by atoms with Crippen molar-refractivity contribution < 1.29 is 0 Å². The van der Waals surface area contributed by atoms with Crippen LogP contribution in [0.25, 0.3) is 0 Å². The summed E-state index contributed by atoms with van der Waals surface area (Å²) in [5.74, 6) is 2.69. The Labute approximate surface area is 72.0 Å². The zero-order chi connectivity index (χ0) is 7.97. The molecule has 2 fully saturated rings. The van der Waals surface area contributed by atoms with Gasteiger partial charge in [0, 0.05) is 12.4 Å². The van der Waals surface area contributed by atoms with Crippen LogP contribution in [0.2, 0.25) is 0 Å². The van der Waals surface area contributed by atoms with Gasteiger partial charge in [0.1, 0.15) is 0 Å². The van der Waals surface area contributed by atoms with Crippen LogP contribution in [0.4, 0.5) is 0 Å². The Morgan fingerprint density at radius 3 is 2.50 bits per heavy atom. The first-order valence-electron chi connectivity index (χ1n) is 4.57. The van der Waals surface area contributed by atoms with E-state index in [-0.39, 0.29) is 0 Å². The summed E-state index contributed by atoms with van der Waals surface area (Å²) in [6.45, 7) is 2.44. The molecule has 3 rings (SSSR count). The van der Waals surface area contributed by atoms with Crippen molar-refractivity contribution in [2.45, 2.75) is 5.92 Å². The van der Waals surface area contributed by atoms with Gasteiger partial charge in [-0.1, -0.05) is 0 Å². The fraction of sp³-hybridized carbons (Fsp3) is 0.500. The van der Waals surface area contributed by atoms with Crippen molar-refractivity contribution >= 4 is 0 Å². The van der Waals surface area contributed by atoms with Gasteiger partial charge in [-0.15, -0.1) is 0 Å². The lowest BCUT2D eigenvalue weighted by Crippen LogP contribution is -2.13. The number of rotatable bonds is 1. The van der Waals surface area contributed by atoms with E-state index in [2.05, 4.69) is 22.4 Å². The molecular formula is C10H12N2. The molecule has 0 spiro atoms. The maximum atomic E-state index is 4.03. The van der Waals surface area contributed by atoms with Gasteiger partial charge in [-0.05, 0) is 48.5 Å². The highest BCUT2D eigenvalue weighted by Gasteiger charge is 2.53. The molecule has 0 radical (unpaired) electrons. The first kappa shape index (κ1) is 6.61. The number of hydrogen-bond acceptors (Lipinski definition) is 2. The summed E-state index contributed by atoms with van der Waals surface area (Å²) in [5.41, 5.74) is 1.49. The van der Waals surface area contributed by atoms with E-state index in [1.54, 1.807) is 0 Å². The first-order valence-corrected chi connectivity index (χ1v) is 4.57. The van der Waals surface area contributed by atoms with E-state index in [0.29, 0.717) is 0 Å². The van der Waals surface area contributed by atoms with Crippen molar-refractivity contribution in [3.8, 4) is 0 Å². The molecule has 0 bridgehead atoms. The molecule has 1 aliphatic heterocycles. The van der Waals surface area contributed by atoms with E-state index in [0.717, 1.165) is 17.8 Å². The predicted octanol–water partition coefficient (Wildman–Crippen LogP) is 1.01. The number of hydrogen-bond donors (Lipinski definition) is 1. The van der Waals surface area contributed by atoms with Gasteiger partial charge in [-0.3, -0.25) is 4.98 Å². The molecule has 2 aliphatic rings. The number of fused-ring (bicyclic) bond motifs is 1. The summed E-state index contributed by atoms with van der Waals surface area (Å²) < 4.78 is 0. The molecule has 1 saturated heterocycles. The fourth-order valence-corrected chi connectivity index (χ4v) is 2.50. The minimum Gasteiger partial charge on any atom is -0.316 e. The van der Waals surface area contributed by atoms with Crippen LogP contribution in [0.3, 0.4) is 0 Å². The summed E-state index contributed by atoms with van der Waals surface area (Å²) >= 11 is 0. The summed E-state index contributed by atoms with van der Waals surface area (Å²) in [5, 5.41) is 3.41. The molecule has 1 aromatic rings. The van der Waals surface area contributed by atoms with Crippen molar-refractivity contribution in [1.82, 2.24) is 10.3 Å². The first-order chi connectivity index (χ1) is 5.97. The van der Waals surface area contributed by atoms with E-state index >= 15 is 0 Å². The van der Waals surface area contributed by atoms with Crippen LogP contribution in [0.15, 0.2) is 24.5 Å². The van der Waals surface area contributed by atoms with Gasteiger partial charge in [0.2, 0.25) is 0 Å². The van der Waals surface area contributed by atoms with E-state index in [1.807, 2.05) is 12.4 Å². The third-order valence-corrected chi connectivity index (χ3v) is 3.18. The Morgan fingerprint density at radius 1 is 1.17 bits per heavy atom. The zero-order valence-corrected chi connectivity index (χ0v) is 6.90. The van der Waals surface area contributed by atoms with Crippen LogP contribution in [0, 0.1) is 11.8 Å². The van der Waals surface area contributed by atoms with Crippen molar-refractivity contribution in [1.29, 1.82) is 0 Å². The SMILES string of the molecule is c1cc(C2C3CNCC32)ccn1. The minimum atomic E-state index is 0.842. The van der Waals surface area contributed by atoms with Gasteiger partial charge in [0.15, 0.2) is 0 Å². The topological polar surface area (TPSA) is 24.9 Å². The predicted molar refractivity (Wildman–Crippen MR) is 46.8 cm³/mol. The van der Waals surface area contributed by atoms with Gasteiger partial charge in [-0.2, -0.15) is 0 Å². The highest BCUT2D eigenvalue weighted by molar-refractivity contribution is 5.28. The van der Waals surface area contributed by atoms with Crippen molar-refractivity contribution in [3.63, 3.8) is 0 Å². The maximum absolute atomic E-state index is 4.03. The summed E-state index contributed by atoms with van der Waals surface area (Å²) in [4.78, 5) is 4.03. The molecule has 2 nitrogen and oxygen atoms in total. The van der Waals surface area contributed by atoms with Gasteiger partial charge in [-0.25, -0.2) is 0 Å². The number of piperidine rings is 1. The lowest BCUT2D eigenvalue weighted by molar-refractivity contribution is 0.684. The molecule has 12 heavy (non-hydrogen) atoms. The molecule has 2 heteroatoms. The molecular weight excluding hydrogens is 148 g/mol. The van der Waals surface area contributed by atoms with Gasteiger partial charge >= 0.3 is 0 Å². The molecule has 1 aromatic heterocycles. The lowest BCUT2D eigenvalue weighted by Gasteiger charge is -2.02. The molecule has 1 aliphatic carbocycles. The monoisotopic (exact) mass is 160 g/mol. The Morgan fingerprint density at radius 2 is 1.83 bits per heavy atom. The van der Waals surface area contributed by atoms with Crippen molar-refractivity contribution in [3.05, 3.63) is 30.1 Å². The molecule has 2 heterocycles. The van der Waals surface area contributed by atoms with E-state index in [4.69, 9.17) is 0 Å². The van der Waals surface area contributed by atoms with Crippen LogP contribution >= 0.6 is 0 Å². The third-order valence-electron chi connectivity index (χ3n) is 3.18. The van der Waals surface area contributed by atoms with Crippen LogP contribution < -0.4 is 5.32 Å². The number of nitrogens with one attached hydrogen (secondary N) is 1. The molecule has 1 N–H and O–H groups in total.